The average Bonchev–Trinajstić information content (AvgIpc) is 3.04. The molecular weight excluding hydrogens is 629 g/mol. The van der Waals surface area contributed by atoms with Crippen LogP contribution in [0.5, 0.6) is 0 Å². The number of nitrogens with zero attached hydrogens (tertiary/aromatic N) is 2. The third-order valence-corrected chi connectivity index (χ3v) is 9.94. The van der Waals surface area contributed by atoms with Crippen molar-refractivity contribution in [1.29, 1.82) is 0 Å². The molecule has 2 amide bonds. The lowest BCUT2D eigenvalue weighted by Gasteiger charge is -2.34. The van der Waals surface area contributed by atoms with E-state index in [1.165, 1.54) is 17.0 Å². The predicted molar refractivity (Wildman–Crippen MR) is 181 cm³/mol. The minimum atomic E-state index is -4.17. The standard InChI is InChI=1S/C35H37Cl2N3O4S/c1-3-4-21-38-35(42)33(23-27-14-7-5-8-15-27)39(24-28-19-20-30(36)31(37)22-28)34(41)25-40(32-18-12-11-13-26(32)2)45(43,44)29-16-9-6-10-17-29/h5-20,22,33H,3-4,21,23-25H2,1-2H3,(H,38,42)/t33-/m0/s1. The van der Waals surface area contributed by atoms with Gasteiger partial charge in [0.1, 0.15) is 12.6 Å². The van der Waals surface area contributed by atoms with Gasteiger partial charge in [-0.25, -0.2) is 8.42 Å². The summed E-state index contributed by atoms with van der Waals surface area (Å²) in [5.74, 6) is -0.871. The van der Waals surface area contributed by atoms with E-state index in [1.807, 2.05) is 37.3 Å². The summed E-state index contributed by atoms with van der Waals surface area (Å²) < 4.78 is 29.3. The smallest absolute Gasteiger partial charge is 0.264 e. The summed E-state index contributed by atoms with van der Waals surface area (Å²) in [6.45, 7) is 3.74. The lowest BCUT2D eigenvalue weighted by molar-refractivity contribution is -0.140. The van der Waals surface area contributed by atoms with Crippen LogP contribution in [0.3, 0.4) is 0 Å². The average molecular weight is 667 g/mol. The Hall–Kier alpha value is -3.85. The van der Waals surface area contributed by atoms with E-state index >= 15 is 0 Å². The summed E-state index contributed by atoms with van der Waals surface area (Å²) in [5.41, 5.74) is 2.55. The monoisotopic (exact) mass is 665 g/mol. The molecule has 236 valence electrons. The van der Waals surface area contributed by atoms with Crippen LogP contribution in [0.1, 0.15) is 36.5 Å². The lowest BCUT2D eigenvalue weighted by Crippen LogP contribution is -2.53. The molecule has 0 aliphatic carbocycles. The fraction of sp³-hybridized carbons (Fsp3) is 0.257. The fourth-order valence-corrected chi connectivity index (χ4v) is 6.79. The molecule has 45 heavy (non-hydrogen) atoms. The summed E-state index contributed by atoms with van der Waals surface area (Å²) in [7, 11) is -4.17. The third-order valence-electron chi connectivity index (χ3n) is 7.43. The number of rotatable bonds is 14. The second kappa shape index (κ2) is 15.9. The number of halogens is 2. The number of benzene rings is 4. The zero-order chi connectivity index (χ0) is 32.4. The molecule has 4 rings (SSSR count). The van der Waals surface area contributed by atoms with Gasteiger partial charge >= 0.3 is 0 Å². The Bertz CT molecular complexity index is 1700. The summed E-state index contributed by atoms with van der Waals surface area (Å²) in [6.07, 6.45) is 1.89. The molecule has 0 heterocycles. The summed E-state index contributed by atoms with van der Waals surface area (Å²) in [4.78, 5) is 29.8. The molecule has 7 nitrogen and oxygen atoms in total. The summed E-state index contributed by atoms with van der Waals surface area (Å²) in [6, 6.07) is 28.5. The third kappa shape index (κ3) is 8.87. The van der Waals surface area contributed by atoms with Gasteiger partial charge in [-0.15, -0.1) is 0 Å². The first-order valence-electron chi connectivity index (χ1n) is 14.8. The highest BCUT2D eigenvalue weighted by atomic mass is 35.5. The number of carbonyl (C=O) groups excluding carboxylic acids is 2. The Morgan fingerprint density at radius 3 is 2.11 bits per heavy atom. The van der Waals surface area contributed by atoms with Crippen molar-refractivity contribution in [2.24, 2.45) is 0 Å². The van der Waals surface area contributed by atoms with Crippen LogP contribution in [0.15, 0.2) is 108 Å². The van der Waals surface area contributed by atoms with Crippen LogP contribution in [0.25, 0.3) is 0 Å². The molecule has 4 aromatic rings. The first-order chi connectivity index (χ1) is 21.6. The van der Waals surface area contributed by atoms with Crippen molar-refractivity contribution in [3.8, 4) is 0 Å². The van der Waals surface area contributed by atoms with Crippen molar-refractivity contribution in [2.75, 3.05) is 17.4 Å². The Morgan fingerprint density at radius 1 is 0.822 bits per heavy atom. The number of unbranched alkanes of at least 4 members (excludes halogenated alkanes) is 1. The van der Waals surface area contributed by atoms with Gasteiger partial charge in [0.2, 0.25) is 11.8 Å². The number of carbonyl (C=O) groups is 2. The molecule has 0 saturated heterocycles. The molecule has 10 heteroatoms. The number of aryl methyl sites for hydroxylation is 1. The van der Waals surface area contributed by atoms with Crippen molar-refractivity contribution in [1.82, 2.24) is 10.2 Å². The highest BCUT2D eigenvalue weighted by molar-refractivity contribution is 7.92. The van der Waals surface area contributed by atoms with Crippen LogP contribution in [-0.4, -0.2) is 44.3 Å². The molecular formula is C35H37Cl2N3O4S. The summed E-state index contributed by atoms with van der Waals surface area (Å²) >= 11 is 12.5. The van der Waals surface area contributed by atoms with Gasteiger partial charge in [-0.3, -0.25) is 13.9 Å². The summed E-state index contributed by atoms with van der Waals surface area (Å²) in [5, 5.41) is 3.65. The van der Waals surface area contributed by atoms with E-state index in [-0.39, 0.29) is 23.8 Å². The van der Waals surface area contributed by atoms with E-state index in [0.717, 1.165) is 22.7 Å². The molecule has 0 bridgehead atoms. The van der Waals surface area contributed by atoms with Crippen LogP contribution in [0.4, 0.5) is 5.69 Å². The normalized spacial score (nSPS) is 11.9. The second-order valence-electron chi connectivity index (χ2n) is 10.7. The second-order valence-corrected chi connectivity index (χ2v) is 13.4. The Morgan fingerprint density at radius 2 is 1.47 bits per heavy atom. The number of anilines is 1. The maximum atomic E-state index is 14.5. The van der Waals surface area contributed by atoms with E-state index in [2.05, 4.69) is 5.32 Å². The van der Waals surface area contributed by atoms with Gasteiger partial charge in [-0.05, 0) is 60.4 Å². The molecule has 0 unspecified atom stereocenters. The molecule has 0 spiro atoms. The maximum absolute atomic E-state index is 14.5. The lowest BCUT2D eigenvalue weighted by atomic mass is 10.0. The number of hydrogen-bond acceptors (Lipinski definition) is 4. The van der Waals surface area contributed by atoms with Gasteiger partial charge in [0.25, 0.3) is 10.0 Å². The van der Waals surface area contributed by atoms with Gasteiger partial charge in [0.05, 0.1) is 20.6 Å². The largest absolute Gasteiger partial charge is 0.354 e. The Kier molecular flexibility index (Phi) is 12.0. The maximum Gasteiger partial charge on any atom is 0.264 e. The molecule has 0 fully saturated rings. The molecule has 0 radical (unpaired) electrons. The van der Waals surface area contributed by atoms with Crippen LogP contribution < -0.4 is 9.62 Å². The van der Waals surface area contributed by atoms with Gasteiger partial charge in [0.15, 0.2) is 0 Å². The number of nitrogens with one attached hydrogen (secondary N) is 1. The fourth-order valence-electron chi connectivity index (χ4n) is 4.97. The highest BCUT2D eigenvalue weighted by Gasteiger charge is 2.35. The van der Waals surface area contributed by atoms with Gasteiger partial charge in [-0.1, -0.05) is 109 Å². The molecule has 1 N–H and O–H groups in total. The van der Waals surface area contributed by atoms with Crippen molar-refractivity contribution in [3.05, 3.63) is 130 Å². The van der Waals surface area contributed by atoms with Crippen LogP contribution in [-0.2, 0) is 32.6 Å². The van der Waals surface area contributed by atoms with Gasteiger partial charge in [-0.2, -0.15) is 0 Å². The number of hydrogen-bond donors (Lipinski definition) is 1. The number of amides is 2. The van der Waals surface area contributed by atoms with Crippen LogP contribution in [0, 0.1) is 6.92 Å². The molecule has 0 aliphatic rings. The molecule has 0 aromatic heterocycles. The van der Waals surface area contributed by atoms with E-state index in [4.69, 9.17) is 23.2 Å². The van der Waals surface area contributed by atoms with E-state index in [1.54, 1.807) is 67.6 Å². The topological polar surface area (TPSA) is 86.8 Å². The van der Waals surface area contributed by atoms with Gasteiger partial charge < -0.3 is 10.2 Å². The Labute approximate surface area is 275 Å². The van der Waals surface area contributed by atoms with Gasteiger partial charge in [0, 0.05) is 19.5 Å². The van der Waals surface area contributed by atoms with E-state index in [9.17, 15) is 18.0 Å². The number of para-hydroxylation sites is 1. The number of sulfonamides is 1. The molecule has 4 aromatic carbocycles. The van der Waals surface area contributed by atoms with Crippen LogP contribution in [0.2, 0.25) is 10.0 Å². The zero-order valence-electron chi connectivity index (χ0n) is 25.3. The SMILES string of the molecule is CCCCNC(=O)[C@H](Cc1ccccc1)N(Cc1ccc(Cl)c(Cl)c1)C(=O)CN(c1ccccc1C)S(=O)(=O)c1ccccc1. The highest BCUT2D eigenvalue weighted by Crippen LogP contribution is 2.28. The van der Waals surface area contributed by atoms with E-state index < -0.39 is 28.5 Å². The minimum absolute atomic E-state index is 0.00141. The Balaban J connectivity index is 1.80. The first-order valence-corrected chi connectivity index (χ1v) is 17.0. The van der Waals surface area contributed by atoms with E-state index in [0.29, 0.717) is 33.4 Å². The molecule has 0 saturated carbocycles. The van der Waals surface area contributed by atoms with Crippen molar-refractivity contribution in [3.63, 3.8) is 0 Å². The zero-order valence-corrected chi connectivity index (χ0v) is 27.7. The van der Waals surface area contributed by atoms with Crippen molar-refractivity contribution >= 4 is 50.7 Å². The predicted octanol–water partition coefficient (Wildman–Crippen LogP) is 7.05. The molecule has 1 atom stereocenters. The minimum Gasteiger partial charge on any atom is -0.354 e. The molecule has 0 aliphatic heterocycles. The van der Waals surface area contributed by atoms with Crippen LogP contribution >= 0.6 is 23.2 Å². The quantitative estimate of drug-likeness (QED) is 0.146. The van der Waals surface area contributed by atoms with Crippen molar-refractivity contribution in [2.45, 2.75) is 50.6 Å². The van der Waals surface area contributed by atoms with Crippen molar-refractivity contribution < 1.29 is 18.0 Å². The first kappa shape index (κ1) is 34.0.